The van der Waals surface area contributed by atoms with Crippen LogP contribution < -0.4 is 5.73 Å². The Balaban J connectivity index is 2.62. The number of nitro benzene ring substituents is 1. The van der Waals surface area contributed by atoms with Crippen molar-refractivity contribution in [3.05, 3.63) is 58.1 Å². The number of anilines is 1. The van der Waals surface area contributed by atoms with Gasteiger partial charge in [-0.2, -0.15) is 0 Å². The van der Waals surface area contributed by atoms with E-state index in [0.717, 1.165) is 11.1 Å². The van der Waals surface area contributed by atoms with Gasteiger partial charge in [-0.05, 0) is 30.0 Å². The second kappa shape index (κ2) is 6.16. The number of benzene rings is 2. The SMILES string of the molecule is Nc1cc(-c2ccccc2)c(CCCO)c([N+](=O)[O-])c1. The van der Waals surface area contributed by atoms with E-state index in [2.05, 4.69) is 0 Å². The molecular weight excluding hydrogens is 256 g/mol. The lowest BCUT2D eigenvalue weighted by atomic mass is 9.94. The molecule has 0 saturated carbocycles. The molecule has 3 N–H and O–H groups in total. The zero-order chi connectivity index (χ0) is 14.5. The molecule has 5 heteroatoms. The van der Waals surface area contributed by atoms with Crippen molar-refractivity contribution in [2.75, 3.05) is 12.3 Å². The van der Waals surface area contributed by atoms with Gasteiger partial charge in [-0.3, -0.25) is 10.1 Å². The number of hydrogen-bond donors (Lipinski definition) is 2. The molecule has 0 unspecified atom stereocenters. The predicted octanol–water partition coefficient (Wildman–Crippen LogP) is 2.77. The van der Waals surface area contributed by atoms with Gasteiger partial charge in [-0.25, -0.2) is 0 Å². The van der Waals surface area contributed by atoms with Gasteiger partial charge >= 0.3 is 0 Å². The zero-order valence-corrected chi connectivity index (χ0v) is 11.0. The second-order valence-corrected chi connectivity index (χ2v) is 4.52. The van der Waals surface area contributed by atoms with Crippen LogP contribution in [0, 0.1) is 10.1 Å². The Morgan fingerprint density at radius 3 is 2.50 bits per heavy atom. The lowest BCUT2D eigenvalue weighted by Gasteiger charge is -2.11. The van der Waals surface area contributed by atoms with Crippen molar-refractivity contribution in [1.29, 1.82) is 0 Å². The summed E-state index contributed by atoms with van der Waals surface area (Å²) in [5, 5.41) is 20.2. The smallest absolute Gasteiger partial charge is 0.275 e. The van der Waals surface area contributed by atoms with E-state index in [9.17, 15) is 10.1 Å². The lowest BCUT2D eigenvalue weighted by molar-refractivity contribution is -0.385. The second-order valence-electron chi connectivity index (χ2n) is 4.52. The summed E-state index contributed by atoms with van der Waals surface area (Å²) in [5.74, 6) is 0. The third-order valence-corrected chi connectivity index (χ3v) is 3.12. The maximum Gasteiger partial charge on any atom is 0.275 e. The van der Waals surface area contributed by atoms with Crippen molar-refractivity contribution >= 4 is 11.4 Å². The largest absolute Gasteiger partial charge is 0.399 e. The predicted molar refractivity (Wildman–Crippen MR) is 78.4 cm³/mol. The molecule has 104 valence electrons. The molecule has 2 aromatic rings. The molecular formula is C15H16N2O3. The third kappa shape index (κ3) is 2.95. The van der Waals surface area contributed by atoms with E-state index in [1.807, 2.05) is 30.3 Å². The van der Waals surface area contributed by atoms with E-state index in [4.69, 9.17) is 10.8 Å². The van der Waals surface area contributed by atoms with Crippen LogP contribution in [0.4, 0.5) is 11.4 Å². The first-order valence-electron chi connectivity index (χ1n) is 6.36. The van der Waals surface area contributed by atoms with Crippen LogP contribution in [0.1, 0.15) is 12.0 Å². The number of hydrogen-bond acceptors (Lipinski definition) is 4. The minimum atomic E-state index is -0.421. The number of nitrogen functional groups attached to an aromatic ring is 1. The van der Waals surface area contributed by atoms with Crippen molar-refractivity contribution in [2.24, 2.45) is 0 Å². The van der Waals surface area contributed by atoms with Crippen LogP contribution in [-0.2, 0) is 6.42 Å². The fraction of sp³-hybridized carbons (Fsp3) is 0.200. The first-order chi connectivity index (χ1) is 9.63. The van der Waals surface area contributed by atoms with Crippen LogP contribution in [0.25, 0.3) is 11.1 Å². The highest BCUT2D eigenvalue weighted by molar-refractivity contribution is 5.76. The van der Waals surface area contributed by atoms with Gasteiger partial charge in [0.15, 0.2) is 0 Å². The van der Waals surface area contributed by atoms with Crippen LogP contribution in [0.2, 0.25) is 0 Å². The average molecular weight is 272 g/mol. The first kappa shape index (κ1) is 14.0. The van der Waals surface area contributed by atoms with Gasteiger partial charge < -0.3 is 10.8 Å². The summed E-state index contributed by atoms with van der Waals surface area (Å²) in [4.78, 5) is 10.8. The number of aliphatic hydroxyl groups is 1. The molecule has 0 aromatic heterocycles. The van der Waals surface area contributed by atoms with Gasteiger partial charge in [0, 0.05) is 23.9 Å². The molecule has 0 aliphatic heterocycles. The topological polar surface area (TPSA) is 89.4 Å². The van der Waals surface area contributed by atoms with Crippen LogP contribution in [0.5, 0.6) is 0 Å². The number of aliphatic hydroxyl groups excluding tert-OH is 1. The summed E-state index contributed by atoms with van der Waals surface area (Å²) in [6, 6.07) is 12.5. The number of rotatable bonds is 5. The fourth-order valence-corrected chi connectivity index (χ4v) is 2.24. The maximum absolute atomic E-state index is 11.2. The molecule has 0 aliphatic rings. The van der Waals surface area contributed by atoms with E-state index < -0.39 is 4.92 Å². The van der Waals surface area contributed by atoms with Gasteiger partial charge in [0.05, 0.1) is 4.92 Å². The first-order valence-corrected chi connectivity index (χ1v) is 6.36. The normalized spacial score (nSPS) is 10.4. The molecule has 0 heterocycles. The summed E-state index contributed by atoms with van der Waals surface area (Å²) < 4.78 is 0. The fourth-order valence-electron chi connectivity index (χ4n) is 2.24. The van der Waals surface area contributed by atoms with Crippen molar-refractivity contribution in [3.63, 3.8) is 0 Å². The van der Waals surface area contributed by atoms with Crippen molar-refractivity contribution in [2.45, 2.75) is 12.8 Å². The standard InChI is InChI=1S/C15H16N2O3/c16-12-9-14(11-5-2-1-3-6-11)13(7-4-8-18)15(10-12)17(19)20/h1-3,5-6,9-10,18H,4,7-8,16H2. The Bertz CT molecular complexity index is 612. The van der Waals surface area contributed by atoms with E-state index in [0.29, 0.717) is 24.1 Å². The van der Waals surface area contributed by atoms with E-state index in [1.54, 1.807) is 6.07 Å². The molecule has 0 spiro atoms. The lowest BCUT2D eigenvalue weighted by Crippen LogP contribution is -2.02. The summed E-state index contributed by atoms with van der Waals surface area (Å²) in [6.07, 6.45) is 0.919. The molecule has 0 amide bonds. The van der Waals surface area contributed by atoms with E-state index >= 15 is 0 Å². The van der Waals surface area contributed by atoms with Gasteiger partial charge in [0.1, 0.15) is 0 Å². The maximum atomic E-state index is 11.2. The minimum Gasteiger partial charge on any atom is -0.399 e. The molecule has 0 fully saturated rings. The van der Waals surface area contributed by atoms with E-state index in [-0.39, 0.29) is 12.3 Å². The molecule has 0 aliphatic carbocycles. The summed E-state index contributed by atoms with van der Waals surface area (Å²) >= 11 is 0. The van der Waals surface area contributed by atoms with Gasteiger partial charge in [0.25, 0.3) is 5.69 Å². The monoisotopic (exact) mass is 272 g/mol. The molecule has 2 rings (SSSR count). The van der Waals surface area contributed by atoms with Crippen LogP contribution >= 0.6 is 0 Å². The quantitative estimate of drug-likeness (QED) is 0.497. The third-order valence-electron chi connectivity index (χ3n) is 3.12. The van der Waals surface area contributed by atoms with Gasteiger partial charge in [-0.15, -0.1) is 0 Å². The number of nitro groups is 1. The molecule has 0 atom stereocenters. The van der Waals surface area contributed by atoms with Crippen LogP contribution in [-0.4, -0.2) is 16.6 Å². The van der Waals surface area contributed by atoms with Crippen LogP contribution in [0.3, 0.4) is 0 Å². The average Bonchev–Trinajstić information content (AvgIpc) is 2.46. The zero-order valence-electron chi connectivity index (χ0n) is 11.0. The van der Waals surface area contributed by atoms with Gasteiger partial charge in [0.2, 0.25) is 0 Å². The molecule has 2 aromatic carbocycles. The Hall–Kier alpha value is -2.40. The van der Waals surface area contributed by atoms with Crippen LogP contribution in [0.15, 0.2) is 42.5 Å². The minimum absolute atomic E-state index is 0.00421. The van der Waals surface area contributed by atoms with Crippen molar-refractivity contribution < 1.29 is 10.0 Å². The van der Waals surface area contributed by atoms with E-state index in [1.165, 1.54) is 6.07 Å². The summed E-state index contributed by atoms with van der Waals surface area (Å²) in [6.45, 7) is -0.00421. The molecule has 0 bridgehead atoms. The molecule has 0 radical (unpaired) electrons. The molecule has 20 heavy (non-hydrogen) atoms. The Morgan fingerprint density at radius 1 is 1.20 bits per heavy atom. The molecule has 0 saturated heterocycles. The summed E-state index contributed by atoms with van der Waals surface area (Å²) in [5.41, 5.74) is 8.41. The highest BCUT2D eigenvalue weighted by atomic mass is 16.6. The Morgan fingerprint density at radius 2 is 1.90 bits per heavy atom. The molecule has 5 nitrogen and oxygen atoms in total. The Kier molecular flexibility index (Phi) is 4.32. The highest BCUT2D eigenvalue weighted by Gasteiger charge is 2.19. The Labute approximate surface area is 116 Å². The van der Waals surface area contributed by atoms with Gasteiger partial charge in [-0.1, -0.05) is 30.3 Å². The highest BCUT2D eigenvalue weighted by Crippen LogP contribution is 2.34. The summed E-state index contributed by atoms with van der Waals surface area (Å²) in [7, 11) is 0. The number of nitrogens with zero attached hydrogens (tertiary/aromatic N) is 1. The van der Waals surface area contributed by atoms with Crippen molar-refractivity contribution in [3.8, 4) is 11.1 Å². The van der Waals surface area contributed by atoms with Crippen molar-refractivity contribution in [1.82, 2.24) is 0 Å². The number of nitrogens with two attached hydrogens (primary N) is 1.